The molecule has 2 aromatic heterocycles. The number of anilines is 1. The van der Waals surface area contributed by atoms with E-state index in [9.17, 15) is 9.59 Å². The highest BCUT2D eigenvalue weighted by Gasteiger charge is 2.23. The fraction of sp³-hybridized carbons (Fsp3) is 0.111. The molecular weight excluding hydrogens is 356 g/mol. The SMILES string of the molecule is Cc1nn(-c2ccccn2)c(N)c1C(=O)OCC(=O)c1ccccc1Cl. The number of aryl methyl sites for hydroxylation is 1. The van der Waals surface area contributed by atoms with Gasteiger partial charge in [0.15, 0.2) is 12.4 Å². The van der Waals surface area contributed by atoms with Gasteiger partial charge in [-0.25, -0.2) is 9.78 Å². The number of hydrogen-bond acceptors (Lipinski definition) is 6. The minimum absolute atomic E-state index is 0.0939. The van der Waals surface area contributed by atoms with Crippen molar-refractivity contribution in [3.05, 3.63) is 70.5 Å². The number of carbonyl (C=O) groups is 2. The van der Waals surface area contributed by atoms with Crippen molar-refractivity contribution in [3.63, 3.8) is 0 Å². The number of nitrogens with zero attached hydrogens (tertiary/aromatic N) is 3. The number of esters is 1. The summed E-state index contributed by atoms with van der Waals surface area (Å²) in [5.74, 6) is -0.574. The molecule has 0 aliphatic rings. The Hall–Kier alpha value is -3.19. The van der Waals surface area contributed by atoms with Gasteiger partial charge in [-0.1, -0.05) is 29.8 Å². The number of ether oxygens (including phenoxy) is 1. The molecule has 3 rings (SSSR count). The zero-order valence-corrected chi connectivity index (χ0v) is 14.6. The van der Waals surface area contributed by atoms with E-state index in [0.29, 0.717) is 16.5 Å². The van der Waals surface area contributed by atoms with Crippen LogP contribution in [0.2, 0.25) is 5.02 Å². The molecule has 26 heavy (non-hydrogen) atoms. The predicted octanol–water partition coefficient (Wildman–Crippen LogP) is 2.85. The molecule has 1 aromatic carbocycles. The average Bonchev–Trinajstić information content (AvgIpc) is 2.95. The van der Waals surface area contributed by atoms with Crippen LogP contribution in [0.25, 0.3) is 5.82 Å². The predicted molar refractivity (Wildman–Crippen MR) is 96.6 cm³/mol. The van der Waals surface area contributed by atoms with Crippen LogP contribution in [0.5, 0.6) is 0 Å². The Morgan fingerprint density at radius 1 is 1.19 bits per heavy atom. The first kappa shape index (κ1) is 17.6. The molecule has 0 saturated carbocycles. The maximum atomic E-state index is 12.4. The molecule has 7 nitrogen and oxygen atoms in total. The van der Waals surface area contributed by atoms with Crippen LogP contribution in [-0.2, 0) is 4.74 Å². The molecule has 0 spiro atoms. The molecule has 0 aliphatic carbocycles. The topological polar surface area (TPSA) is 100 Å². The summed E-state index contributed by atoms with van der Waals surface area (Å²) in [7, 11) is 0. The van der Waals surface area contributed by atoms with Crippen LogP contribution in [0.4, 0.5) is 5.82 Å². The Kier molecular flexibility index (Phi) is 4.99. The van der Waals surface area contributed by atoms with E-state index >= 15 is 0 Å². The summed E-state index contributed by atoms with van der Waals surface area (Å²) < 4.78 is 6.46. The zero-order valence-electron chi connectivity index (χ0n) is 13.8. The Morgan fingerprint density at radius 2 is 1.92 bits per heavy atom. The van der Waals surface area contributed by atoms with E-state index in [1.165, 1.54) is 4.68 Å². The summed E-state index contributed by atoms with van der Waals surface area (Å²) in [6.45, 7) is 1.18. The zero-order chi connectivity index (χ0) is 18.7. The molecule has 0 aliphatic heterocycles. The second-order valence-electron chi connectivity index (χ2n) is 5.42. The van der Waals surface area contributed by atoms with Gasteiger partial charge in [-0.2, -0.15) is 9.78 Å². The number of pyridine rings is 1. The van der Waals surface area contributed by atoms with Crippen molar-refractivity contribution in [3.8, 4) is 5.82 Å². The second-order valence-corrected chi connectivity index (χ2v) is 5.83. The quantitative estimate of drug-likeness (QED) is 0.547. The maximum Gasteiger partial charge on any atom is 0.344 e. The van der Waals surface area contributed by atoms with Crippen LogP contribution >= 0.6 is 11.6 Å². The highest BCUT2D eigenvalue weighted by atomic mass is 35.5. The first-order valence-corrected chi connectivity index (χ1v) is 8.08. The number of nitrogens with two attached hydrogens (primary N) is 1. The molecule has 0 atom stereocenters. The fourth-order valence-corrected chi connectivity index (χ4v) is 2.66. The Bertz CT molecular complexity index is 970. The number of hydrogen-bond donors (Lipinski definition) is 1. The van der Waals surface area contributed by atoms with Gasteiger partial charge < -0.3 is 10.5 Å². The summed E-state index contributed by atoms with van der Waals surface area (Å²) >= 11 is 5.97. The molecular formula is C18H15ClN4O3. The Morgan fingerprint density at radius 3 is 2.62 bits per heavy atom. The molecule has 2 heterocycles. The molecule has 0 fully saturated rings. The standard InChI is InChI=1S/C18H15ClN4O3/c1-11-16(17(20)23(22-11)15-8-4-5-9-21-15)18(25)26-10-14(24)12-6-2-3-7-13(12)19/h2-9H,10,20H2,1H3. The van der Waals surface area contributed by atoms with Gasteiger partial charge in [0.05, 0.1) is 10.7 Å². The first-order chi connectivity index (χ1) is 12.5. The highest BCUT2D eigenvalue weighted by molar-refractivity contribution is 6.34. The number of rotatable bonds is 5. The maximum absolute atomic E-state index is 12.4. The number of ketones is 1. The number of aromatic nitrogens is 3. The summed E-state index contributed by atoms with van der Waals surface area (Å²) in [5.41, 5.74) is 6.80. The summed E-state index contributed by atoms with van der Waals surface area (Å²) in [4.78, 5) is 28.7. The third kappa shape index (κ3) is 3.43. The van der Waals surface area contributed by atoms with Gasteiger partial charge in [0, 0.05) is 11.8 Å². The van der Waals surface area contributed by atoms with Gasteiger partial charge in [0.25, 0.3) is 0 Å². The monoisotopic (exact) mass is 370 g/mol. The number of benzene rings is 1. The van der Waals surface area contributed by atoms with Crippen LogP contribution in [-0.4, -0.2) is 33.1 Å². The van der Waals surface area contributed by atoms with Gasteiger partial charge in [0.1, 0.15) is 11.4 Å². The first-order valence-electron chi connectivity index (χ1n) is 7.70. The van der Waals surface area contributed by atoms with Crippen molar-refractivity contribution < 1.29 is 14.3 Å². The number of Topliss-reactive ketones (excluding diaryl/α,β-unsaturated/α-hetero) is 1. The van der Waals surface area contributed by atoms with Gasteiger partial charge in [-0.15, -0.1) is 0 Å². The van der Waals surface area contributed by atoms with Gasteiger partial charge in [-0.05, 0) is 31.2 Å². The van der Waals surface area contributed by atoms with Gasteiger partial charge >= 0.3 is 5.97 Å². The molecule has 8 heteroatoms. The van der Waals surface area contributed by atoms with E-state index in [4.69, 9.17) is 22.1 Å². The van der Waals surface area contributed by atoms with Crippen molar-refractivity contribution in [1.82, 2.24) is 14.8 Å². The van der Waals surface area contributed by atoms with Crippen LogP contribution in [0, 0.1) is 6.92 Å². The van der Waals surface area contributed by atoms with Crippen molar-refractivity contribution >= 4 is 29.2 Å². The normalized spacial score (nSPS) is 10.5. The van der Waals surface area contributed by atoms with E-state index in [1.807, 2.05) is 0 Å². The lowest BCUT2D eigenvalue weighted by Crippen LogP contribution is -2.16. The van der Waals surface area contributed by atoms with E-state index in [0.717, 1.165) is 0 Å². The lowest BCUT2D eigenvalue weighted by atomic mass is 10.1. The fourth-order valence-electron chi connectivity index (χ4n) is 2.42. The molecule has 2 N–H and O–H groups in total. The lowest BCUT2D eigenvalue weighted by Gasteiger charge is -2.06. The molecule has 0 radical (unpaired) electrons. The summed E-state index contributed by atoms with van der Waals surface area (Å²) in [5, 5.41) is 4.52. The van der Waals surface area contributed by atoms with Crippen LogP contribution in [0.15, 0.2) is 48.7 Å². The number of halogens is 1. The highest BCUT2D eigenvalue weighted by Crippen LogP contribution is 2.21. The largest absolute Gasteiger partial charge is 0.454 e. The number of nitrogen functional groups attached to an aromatic ring is 1. The van der Waals surface area contributed by atoms with E-state index in [2.05, 4.69) is 10.1 Å². The third-order valence-electron chi connectivity index (χ3n) is 3.68. The van der Waals surface area contributed by atoms with Crippen LogP contribution in [0.1, 0.15) is 26.4 Å². The van der Waals surface area contributed by atoms with Crippen molar-refractivity contribution in [1.29, 1.82) is 0 Å². The Balaban J connectivity index is 1.78. The van der Waals surface area contributed by atoms with Crippen LogP contribution in [0.3, 0.4) is 0 Å². The van der Waals surface area contributed by atoms with Crippen LogP contribution < -0.4 is 5.73 Å². The summed E-state index contributed by atoms with van der Waals surface area (Å²) in [6.07, 6.45) is 1.59. The Labute approximate surface area is 154 Å². The van der Waals surface area contributed by atoms with Crippen molar-refractivity contribution in [2.45, 2.75) is 6.92 Å². The second kappa shape index (κ2) is 7.37. The van der Waals surface area contributed by atoms with E-state index in [1.54, 1.807) is 55.6 Å². The third-order valence-corrected chi connectivity index (χ3v) is 4.00. The molecule has 132 valence electrons. The molecule has 0 bridgehead atoms. The molecule has 0 unspecified atom stereocenters. The number of carbonyl (C=O) groups excluding carboxylic acids is 2. The lowest BCUT2D eigenvalue weighted by molar-refractivity contribution is 0.0475. The minimum Gasteiger partial charge on any atom is -0.454 e. The van der Waals surface area contributed by atoms with Gasteiger partial charge in [0.2, 0.25) is 5.78 Å². The van der Waals surface area contributed by atoms with E-state index in [-0.39, 0.29) is 16.9 Å². The molecule has 0 amide bonds. The smallest absolute Gasteiger partial charge is 0.344 e. The van der Waals surface area contributed by atoms with E-state index < -0.39 is 18.4 Å². The minimum atomic E-state index is -0.734. The molecule has 3 aromatic rings. The van der Waals surface area contributed by atoms with Crippen molar-refractivity contribution in [2.75, 3.05) is 12.3 Å². The average molecular weight is 371 g/mol. The summed E-state index contributed by atoms with van der Waals surface area (Å²) in [6, 6.07) is 11.8. The van der Waals surface area contributed by atoms with Crippen molar-refractivity contribution in [2.24, 2.45) is 0 Å². The van der Waals surface area contributed by atoms with Gasteiger partial charge in [-0.3, -0.25) is 4.79 Å². The molecule has 0 saturated heterocycles.